The summed E-state index contributed by atoms with van der Waals surface area (Å²) in [6.07, 6.45) is 20.9. The summed E-state index contributed by atoms with van der Waals surface area (Å²) in [5.74, 6) is 3.08. The quantitative estimate of drug-likeness (QED) is 0.373. The Kier molecular flexibility index (Phi) is 9.36. The van der Waals surface area contributed by atoms with Crippen molar-refractivity contribution in [2.45, 2.75) is 84.0 Å². The maximum Gasteiger partial charge on any atom is 0.0633 e. The molecule has 1 atom stereocenters. The monoisotopic (exact) mass is 336 g/mol. The van der Waals surface area contributed by atoms with Crippen LogP contribution in [0.25, 0.3) is 0 Å². The standard InChI is InChI=1S/C23H30.C2H6/c1-5-8-12-20(7-3)21-14-13-19(4)18-22(21)23(15-6-2)16-10-9-11-17-23;1-2/h3,6,8,12-14,18,20H,2,5,9-11,15-17H2,1,4H3;1-2H3/b12-8-;. The Hall–Kier alpha value is -1.74. The summed E-state index contributed by atoms with van der Waals surface area (Å²) in [6.45, 7) is 12.4. The molecule has 136 valence electrons. The molecule has 1 aromatic rings. The summed E-state index contributed by atoms with van der Waals surface area (Å²) >= 11 is 0. The van der Waals surface area contributed by atoms with Crippen molar-refractivity contribution in [3.05, 3.63) is 59.7 Å². The molecule has 0 heterocycles. The lowest BCUT2D eigenvalue weighted by Crippen LogP contribution is -2.30. The molecule has 1 fully saturated rings. The number of allylic oxidation sites excluding steroid dienone is 3. The van der Waals surface area contributed by atoms with Gasteiger partial charge in [0.1, 0.15) is 0 Å². The molecule has 0 amide bonds. The lowest BCUT2D eigenvalue weighted by Gasteiger charge is -2.39. The molecule has 1 aromatic carbocycles. The second kappa shape index (κ2) is 11.0. The van der Waals surface area contributed by atoms with Gasteiger partial charge in [-0.25, -0.2) is 0 Å². The molecule has 0 spiro atoms. The van der Waals surface area contributed by atoms with Gasteiger partial charge in [-0.15, -0.1) is 13.0 Å². The predicted octanol–water partition coefficient (Wildman–Crippen LogP) is 7.48. The molecule has 2 rings (SSSR count). The number of terminal acetylenes is 1. The van der Waals surface area contributed by atoms with Crippen LogP contribution in [-0.4, -0.2) is 0 Å². The van der Waals surface area contributed by atoms with Crippen LogP contribution in [0.2, 0.25) is 0 Å². The fraction of sp³-hybridized carbons (Fsp3) is 0.520. The number of hydrogen-bond donors (Lipinski definition) is 0. The van der Waals surface area contributed by atoms with Crippen LogP contribution >= 0.6 is 0 Å². The van der Waals surface area contributed by atoms with E-state index >= 15 is 0 Å². The molecule has 0 radical (unpaired) electrons. The summed E-state index contributed by atoms with van der Waals surface area (Å²) < 4.78 is 0. The van der Waals surface area contributed by atoms with E-state index in [0.717, 1.165) is 12.8 Å². The third kappa shape index (κ3) is 5.37. The fourth-order valence-electron chi connectivity index (χ4n) is 4.01. The maximum atomic E-state index is 5.88. The molecule has 0 heteroatoms. The molecule has 0 nitrogen and oxygen atoms in total. The summed E-state index contributed by atoms with van der Waals surface area (Å²) in [4.78, 5) is 0. The smallest absolute Gasteiger partial charge is 0.0633 e. The van der Waals surface area contributed by atoms with Crippen molar-refractivity contribution in [3.63, 3.8) is 0 Å². The average Bonchev–Trinajstić information content (AvgIpc) is 2.66. The van der Waals surface area contributed by atoms with E-state index in [0.29, 0.717) is 0 Å². The average molecular weight is 337 g/mol. The van der Waals surface area contributed by atoms with E-state index < -0.39 is 0 Å². The van der Waals surface area contributed by atoms with Crippen LogP contribution in [0.1, 0.15) is 88.3 Å². The number of benzene rings is 1. The first-order chi connectivity index (χ1) is 12.2. The molecule has 1 aliphatic rings. The van der Waals surface area contributed by atoms with Crippen LogP contribution in [0.4, 0.5) is 0 Å². The predicted molar refractivity (Wildman–Crippen MR) is 113 cm³/mol. The van der Waals surface area contributed by atoms with Crippen molar-refractivity contribution >= 4 is 0 Å². The second-order valence-electron chi connectivity index (χ2n) is 6.91. The van der Waals surface area contributed by atoms with E-state index in [9.17, 15) is 0 Å². The van der Waals surface area contributed by atoms with Crippen molar-refractivity contribution in [2.24, 2.45) is 0 Å². The minimum absolute atomic E-state index is 0.0779. The molecule has 1 saturated carbocycles. The Balaban J connectivity index is 0.00000151. The maximum absolute atomic E-state index is 5.88. The van der Waals surface area contributed by atoms with E-state index in [1.807, 2.05) is 13.8 Å². The Bertz CT molecular complexity index is 591. The largest absolute Gasteiger partial charge is 0.119 e. The Morgan fingerprint density at radius 1 is 1.24 bits per heavy atom. The van der Waals surface area contributed by atoms with Crippen LogP contribution in [0, 0.1) is 19.3 Å². The van der Waals surface area contributed by atoms with Crippen molar-refractivity contribution in [3.8, 4) is 12.3 Å². The van der Waals surface area contributed by atoms with E-state index in [-0.39, 0.29) is 11.3 Å². The Morgan fingerprint density at radius 2 is 1.92 bits per heavy atom. The highest BCUT2D eigenvalue weighted by Crippen LogP contribution is 2.45. The summed E-state index contributed by atoms with van der Waals surface area (Å²) in [6, 6.07) is 6.84. The molecule has 1 aliphatic carbocycles. The van der Waals surface area contributed by atoms with E-state index in [1.54, 1.807) is 0 Å². The summed E-state index contributed by atoms with van der Waals surface area (Å²) in [5, 5.41) is 0. The normalized spacial score (nSPS) is 17.2. The van der Waals surface area contributed by atoms with Gasteiger partial charge in [0.2, 0.25) is 0 Å². The van der Waals surface area contributed by atoms with Crippen molar-refractivity contribution in [2.75, 3.05) is 0 Å². The Morgan fingerprint density at radius 3 is 2.48 bits per heavy atom. The third-order valence-electron chi connectivity index (χ3n) is 5.20. The van der Waals surface area contributed by atoms with Gasteiger partial charge in [0.25, 0.3) is 0 Å². The minimum Gasteiger partial charge on any atom is -0.119 e. The van der Waals surface area contributed by atoms with Crippen molar-refractivity contribution < 1.29 is 0 Å². The van der Waals surface area contributed by atoms with Gasteiger partial charge < -0.3 is 0 Å². The van der Waals surface area contributed by atoms with Crippen molar-refractivity contribution in [1.82, 2.24) is 0 Å². The van der Waals surface area contributed by atoms with Gasteiger partial charge in [0.05, 0.1) is 5.92 Å². The first kappa shape index (κ1) is 21.3. The van der Waals surface area contributed by atoms with Crippen LogP contribution in [0.3, 0.4) is 0 Å². The molecule has 25 heavy (non-hydrogen) atoms. The first-order valence-corrected chi connectivity index (χ1v) is 10.0. The fourth-order valence-corrected chi connectivity index (χ4v) is 4.01. The van der Waals surface area contributed by atoms with Gasteiger partial charge in [0.15, 0.2) is 0 Å². The van der Waals surface area contributed by atoms with Gasteiger partial charge in [0, 0.05) is 0 Å². The SMILES string of the molecule is C#CC(/C=C\CC)c1ccc(C)cc1C1(CC=C)CCCCC1.CC. The van der Waals surface area contributed by atoms with Crippen LogP contribution in [0.5, 0.6) is 0 Å². The van der Waals surface area contributed by atoms with E-state index in [1.165, 1.54) is 48.8 Å². The van der Waals surface area contributed by atoms with Gasteiger partial charge >= 0.3 is 0 Å². The molecule has 0 aromatic heterocycles. The number of hydrogen-bond acceptors (Lipinski definition) is 0. The zero-order chi connectivity index (χ0) is 18.7. The molecule has 0 saturated heterocycles. The number of rotatable bonds is 6. The van der Waals surface area contributed by atoms with Crippen molar-refractivity contribution in [1.29, 1.82) is 0 Å². The molecule has 0 aliphatic heterocycles. The molecule has 0 bridgehead atoms. The zero-order valence-electron chi connectivity index (χ0n) is 16.8. The number of aryl methyl sites for hydroxylation is 1. The Labute approximate surface area is 156 Å². The van der Waals surface area contributed by atoms with Gasteiger partial charge in [-0.3, -0.25) is 0 Å². The zero-order valence-corrected chi connectivity index (χ0v) is 16.8. The highest BCUT2D eigenvalue weighted by molar-refractivity contribution is 5.45. The topological polar surface area (TPSA) is 0 Å². The second-order valence-corrected chi connectivity index (χ2v) is 6.91. The van der Waals surface area contributed by atoms with Crippen LogP contribution < -0.4 is 0 Å². The highest BCUT2D eigenvalue weighted by atomic mass is 14.4. The third-order valence-corrected chi connectivity index (χ3v) is 5.20. The van der Waals surface area contributed by atoms with Gasteiger partial charge in [-0.1, -0.05) is 87.9 Å². The molecule has 1 unspecified atom stereocenters. The van der Waals surface area contributed by atoms with Gasteiger partial charge in [-0.05, 0) is 49.1 Å². The summed E-state index contributed by atoms with van der Waals surface area (Å²) in [7, 11) is 0. The van der Waals surface area contributed by atoms with Gasteiger partial charge in [-0.2, -0.15) is 0 Å². The molecule has 0 N–H and O–H groups in total. The minimum atomic E-state index is 0.0779. The van der Waals surface area contributed by atoms with E-state index in [4.69, 9.17) is 6.42 Å². The first-order valence-electron chi connectivity index (χ1n) is 10.0. The van der Waals surface area contributed by atoms with Crippen LogP contribution in [0.15, 0.2) is 43.0 Å². The van der Waals surface area contributed by atoms with Crippen LogP contribution in [-0.2, 0) is 5.41 Å². The summed E-state index contributed by atoms with van der Waals surface area (Å²) in [5.41, 5.74) is 4.36. The molecular formula is C25H36. The molecular weight excluding hydrogens is 300 g/mol. The lowest BCUT2D eigenvalue weighted by molar-refractivity contribution is 0.293. The highest BCUT2D eigenvalue weighted by Gasteiger charge is 2.35. The van der Waals surface area contributed by atoms with E-state index in [2.05, 4.69) is 62.8 Å². The lowest BCUT2D eigenvalue weighted by atomic mass is 9.65.